The van der Waals surface area contributed by atoms with Crippen molar-refractivity contribution in [1.29, 1.82) is 0 Å². The van der Waals surface area contributed by atoms with Crippen LogP contribution in [-0.2, 0) is 12.0 Å². The summed E-state index contributed by atoms with van der Waals surface area (Å²) < 4.78 is 5.84. The minimum Gasteiger partial charge on any atom is -0.439 e. The number of benzene rings is 1. The van der Waals surface area contributed by atoms with Crippen molar-refractivity contribution in [2.24, 2.45) is 0 Å². The van der Waals surface area contributed by atoms with E-state index in [1.165, 1.54) is 0 Å². The molecule has 19 heavy (non-hydrogen) atoms. The van der Waals surface area contributed by atoms with Crippen molar-refractivity contribution < 1.29 is 9.84 Å². The molecule has 0 spiro atoms. The fourth-order valence-electron chi connectivity index (χ4n) is 1.85. The van der Waals surface area contributed by atoms with Crippen LogP contribution in [0.4, 0.5) is 0 Å². The van der Waals surface area contributed by atoms with Crippen molar-refractivity contribution in [1.82, 2.24) is 4.98 Å². The van der Waals surface area contributed by atoms with E-state index in [1.807, 2.05) is 24.3 Å². The molecule has 1 aromatic heterocycles. The Hall–Kier alpha value is -1.87. The first-order chi connectivity index (χ1) is 9.00. The molecule has 0 aliphatic rings. The number of pyridine rings is 1. The fourth-order valence-corrected chi connectivity index (χ4v) is 1.85. The van der Waals surface area contributed by atoms with Crippen LogP contribution in [0.1, 0.15) is 31.9 Å². The SMILES string of the molecule is CC(C)(C)c1ccccc1Oc1ccc(CO)cn1. The summed E-state index contributed by atoms with van der Waals surface area (Å²) in [6.07, 6.45) is 1.62. The molecule has 0 amide bonds. The van der Waals surface area contributed by atoms with Crippen molar-refractivity contribution in [3.63, 3.8) is 0 Å². The molecule has 0 bridgehead atoms. The van der Waals surface area contributed by atoms with E-state index in [-0.39, 0.29) is 12.0 Å². The van der Waals surface area contributed by atoms with Gasteiger partial charge in [-0.15, -0.1) is 0 Å². The van der Waals surface area contributed by atoms with E-state index < -0.39 is 0 Å². The van der Waals surface area contributed by atoms with Gasteiger partial charge in [-0.2, -0.15) is 0 Å². The molecule has 100 valence electrons. The van der Waals surface area contributed by atoms with Gasteiger partial charge in [0.05, 0.1) is 6.61 Å². The molecule has 0 saturated heterocycles. The molecule has 0 fully saturated rings. The van der Waals surface area contributed by atoms with Crippen LogP contribution in [0.15, 0.2) is 42.6 Å². The lowest BCUT2D eigenvalue weighted by Crippen LogP contribution is -2.12. The van der Waals surface area contributed by atoms with Crippen molar-refractivity contribution in [3.05, 3.63) is 53.7 Å². The van der Waals surface area contributed by atoms with Gasteiger partial charge in [-0.05, 0) is 23.1 Å². The largest absolute Gasteiger partial charge is 0.439 e. The van der Waals surface area contributed by atoms with Crippen LogP contribution in [0.3, 0.4) is 0 Å². The first-order valence-electron chi connectivity index (χ1n) is 6.34. The number of hydrogen-bond donors (Lipinski definition) is 1. The maximum Gasteiger partial charge on any atom is 0.219 e. The lowest BCUT2D eigenvalue weighted by molar-refractivity contribution is 0.281. The molecule has 3 nitrogen and oxygen atoms in total. The van der Waals surface area contributed by atoms with Crippen molar-refractivity contribution in [2.75, 3.05) is 0 Å². The summed E-state index contributed by atoms with van der Waals surface area (Å²) in [5.74, 6) is 1.35. The monoisotopic (exact) mass is 257 g/mol. The van der Waals surface area contributed by atoms with E-state index in [1.54, 1.807) is 12.3 Å². The van der Waals surface area contributed by atoms with Crippen molar-refractivity contribution in [2.45, 2.75) is 32.8 Å². The molecule has 0 radical (unpaired) electrons. The van der Waals surface area contributed by atoms with Gasteiger partial charge in [-0.3, -0.25) is 0 Å². The second-order valence-corrected chi connectivity index (χ2v) is 5.51. The third kappa shape index (κ3) is 3.32. The third-order valence-corrected chi connectivity index (χ3v) is 2.89. The average Bonchev–Trinajstić information content (AvgIpc) is 2.39. The van der Waals surface area contributed by atoms with Crippen LogP contribution in [-0.4, -0.2) is 10.1 Å². The zero-order chi connectivity index (χ0) is 13.9. The van der Waals surface area contributed by atoms with Gasteiger partial charge in [-0.25, -0.2) is 4.98 Å². The standard InChI is InChI=1S/C16H19NO2/c1-16(2,3)13-6-4-5-7-14(13)19-15-9-8-12(11-18)10-17-15/h4-10,18H,11H2,1-3H3. The number of nitrogens with zero attached hydrogens (tertiary/aromatic N) is 1. The highest BCUT2D eigenvalue weighted by Gasteiger charge is 2.18. The summed E-state index contributed by atoms with van der Waals surface area (Å²) in [5, 5.41) is 8.99. The van der Waals surface area contributed by atoms with Crippen molar-refractivity contribution in [3.8, 4) is 11.6 Å². The van der Waals surface area contributed by atoms with E-state index in [9.17, 15) is 0 Å². The van der Waals surface area contributed by atoms with Gasteiger partial charge in [0.1, 0.15) is 5.75 Å². The molecule has 1 heterocycles. The molecule has 0 aliphatic heterocycles. The Morgan fingerprint density at radius 1 is 1.11 bits per heavy atom. The van der Waals surface area contributed by atoms with Gasteiger partial charge in [0, 0.05) is 17.8 Å². The summed E-state index contributed by atoms with van der Waals surface area (Å²) in [6.45, 7) is 6.44. The van der Waals surface area contributed by atoms with Gasteiger partial charge in [-0.1, -0.05) is 39.0 Å². The predicted molar refractivity (Wildman–Crippen MR) is 75.4 cm³/mol. The number of aromatic nitrogens is 1. The minimum atomic E-state index is -0.00808. The molecule has 1 aromatic carbocycles. The smallest absolute Gasteiger partial charge is 0.219 e. The molecule has 2 rings (SSSR count). The van der Waals surface area contributed by atoms with Crippen LogP contribution in [0, 0.1) is 0 Å². The Balaban J connectivity index is 2.28. The highest BCUT2D eigenvalue weighted by molar-refractivity contribution is 5.40. The maximum absolute atomic E-state index is 8.99. The van der Waals surface area contributed by atoms with E-state index in [0.29, 0.717) is 5.88 Å². The highest BCUT2D eigenvalue weighted by atomic mass is 16.5. The average molecular weight is 257 g/mol. The van der Waals surface area contributed by atoms with Gasteiger partial charge < -0.3 is 9.84 Å². The second kappa shape index (κ2) is 5.41. The summed E-state index contributed by atoms with van der Waals surface area (Å²) in [6, 6.07) is 11.6. The highest BCUT2D eigenvalue weighted by Crippen LogP contribution is 2.33. The lowest BCUT2D eigenvalue weighted by atomic mass is 9.86. The second-order valence-electron chi connectivity index (χ2n) is 5.51. The van der Waals surface area contributed by atoms with E-state index in [0.717, 1.165) is 16.9 Å². The molecule has 0 aliphatic carbocycles. The number of ether oxygens (including phenoxy) is 1. The van der Waals surface area contributed by atoms with Gasteiger partial charge >= 0.3 is 0 Å². The summed E-state index contributed by atoms with van der Waals surface area (Å²) in [7, 11) is 0. The van der Waals surface area contributed by atoms with Crippen LogP contribution in [0.25, 0.3) is 0 Å². The Morgan fingerprint density at radius 2 is 1.84 bits per heavy atom. The van der Waals surface area contributed by atoms with Crippen LogP contribution < -0.4 is 4.74 Å². The van der Waals surface area contributed by atoms with E-state index in [4.69, 9.17) is 9.84 Å². The lowest BCUT2D eigenvalue weighted by Gasteiger charge is -2.22. The van der Waals surface area contributed by atoms with E-state index in [2.05, 4.69) is 31.8 Å². The number of rotatable bonds is 3. The normalized spacial score (nSPS) is 11.4. The number of aliphatic hydroxyl groups is 1. The number of para-hydroxylation sites is 1. The predicted octanol–water partition coefficient (Wildman–Crippen LogP) is 3.66. The minimum absolute atomic E-state index is 0.00808. The van der Waals surface area contributed by atoms with Crippen molar-refractivity contribution >= 4 is 0 Å². The number of aliphatic hydroxyl groups excluding tert-OH is 1. The number of hydrogen-bond acceptors (Lipinski definition) is 3. The topological polar surface area (TPSA) is 42.4 Å². The first kappa shape index (κ1) is 13.6. The van der Waals surface area contributed by atoms with Gasteiger partial charge in [0.2, 0.25) is 5.88 Å². The van der Waals surface area contributed by atoms with Crippen LogP contribution in [0.5, 0.6) is 11.6 Å². The zero-order valence-corrected chi connectivity index (χ0v) is 11.6. The van der Waals surface area contributed by atoms with E-state index >= 15 is 0 Å². The quantitative estimate of drug-likeness (QED) is 0.912. The van der Waals surface area contributed by atoms with Gasteiger partial charge in [0.15, 0.2) is 0 Å². The zero-order valence-electron chi connectivity index (χ0n) is 11.6. The molecular formula is C16H19NO2. The molecule has 0 saturated carbocycles. The summed E-state index contributed by atoms with van der Waals surface area (Å²) in [4.78, 5) is 4.19. The first-order valence-corrected chi connectivity index (χ1v) is 6.34. The Kier molecular flexibility index (Phi) is 3.86. The molecule has 3 heteroatoms. The molecular weight excluding hydrogens is 238 g/mol. The Morgan fingerprint density at radius 3 is 2.42 bits per heavy atom. The molecule has 0 atom stereocenters. The summed E-state index contributed by atoms with van der Waals surface area (Å²) in [5.41, 5.74) is 1.93. The molecule has 1 N–H and O–H groups in total. The fraction of sp³-hybridized carbons (Fsp3) is 0.312. The van der Waals surface area contributed by atoms with Crippen LogP contribution >= 0.6 is 0 Å². The van der Waals surface area contributed by atoms with Crippen LogP contribution in [0.2, 0.25) is 0 Å². The summed E-state index contributed by atoms with van der Waals surface area (Å²) >= 11 is 0. The van der Waals surface area contributed by atoms with Gasteiger partial charge in [0.25, 0.3) is 0 Å². The molecule has 2 aromatic rings. The Bertz CT molecular complexity index is 541. The third-order valence-electron chi connectivity index (χ3n) is 2.89. The molecule has 0 unspecified atom stereocenters. The maximum atomic E-state index is 8.99. The Labute approximate surface area is 113 Å².